The molecule has 8 nitrogen and oxygen atoms in total. The van der Waals surface area contributed by atoms with Crippen LogP contribution >= 0.6 is 11.8 Å². The number of anilines is 1. The highest BCUT2D eigenvalue weighted by Crippen LogP contribution is 2.33. The van der Waals surface area contributed by atoms with Gasteiger partial charge in [-0.1, -0.05) is 42.5 Å². The number of rotatable bonds is 12. The topological polar surface area (TPSA) is 96.0 Å². The molecule has 0 aromatic heterocycles. The van der Waals surface area contributed by atoms with Crippen molar-refractivity contribution in [2.24, 2.45) is 0 Å². The Morgan fingerprint density at radius 3 is 2.21 bits per heavy atom. The Labute approximate surface area is 229 Å². The van der Waals surface area contributed by atoms with Crippen LogP contribution in [0.15, 0.2) is 88.7 Å². The lowest BCUT2D eigenvalue weighted by atomic mass is 10.1. The van der Waals surface area contributed by atoms with Crippen molar-refractivity contribution < 1.29 is 22.7 Å². The van der Waals surface area contributed by atoms with Crippen LogP contribution < -0.4 is 14.4 Å². The van der Waals surface area contributed by atoms with E-state index in [4.69, 9.17) is 4.74 Å². The van der Waals surface area contributed by atoms with E-state index in [0.717, 1.165) is 14.8 Å². The molecule has 3 aromatic carbocycles. The molecule has 0 aliphatic heterocycles. The van der Waals surface area contributed by atoms with Crippen molar-refractivity contribution in [3.05, 3.63) is 84.4 Å². The second kappa shape index (κ2) is 13.3. The van der Waals surface area contributed by atoms with E-state index in [9.17, 15) is 18.0 Å². The van der Waals surface area contributed by atoms with Gasteiger partial charge in [-0.2, -0.15) is 0 Å². The summed E-state index contributed by atoms with van der Waals surface area (Å²) in [5.74, 6) is -0.548. The molecule has 3 aromatic rings. The fourth-order valence-corrected chi connectivity index (χ4v) is 5.73. The summed E-state index contributed by atoms with van der Waals surface area (Å²) in [5, 5.41) is 2.58. The molecule has 1 atom stereocenters. The van der Waals surface area contributed by atoms with Crippen molar-refractivity contribution in [3.8, 4) is 5.75 Å². The highest BCUT2D eigenvalue weighted by Gasteiger charge is 2.33. The number of para-hydroxylation sites is 2. The minimum Gasteiger partial charge on any atom is -0.492 e. The molecular weight excluding hydrogens is 522 g/mol. The molecule has 0 aliphatic carbocycles. The van der Waals surface area contributed by atoms with Crippen molar-refractivity contribution >= 4 is 39.3 Å². The highest BCUT2D eigenvalue weighted by molar-refractivity contribution is 7.98. The van der Waals surface area contributed by atoms with Gasteiger partial charge < -0.3 is 15.0 Å². The van der Waals surface area contributed by atoms with Crippen LogP contribution in [0.2, 0.25) is 0 Å². The first-order valence-corrected chi connectivity index (χ1v) is 14.8. The zero-order chi connectivity index (χ0) is 27.7. The third kappa shape index (κ3) is 6.87. The van der Waals surface area contributed by atoms with E-state index in [2.05, 4.69) is 5.32 Å². The Balaban J connectivity index is 2.08. The van der Waals surface area contributed by atoms with Gasteiger partial charge in [-0.05, 0) is 62.1 Å². The molecule has 38 heavy (non-hydrogen) atoms. The maximum atomic E-state index is 14.0. The summed E-state index contributed by atoms with van der Waals surface area (Å²) >= 11 is 1.50. The lowest BCUT2D eigenvalue weighted by molar-refractivity contribution is -0.139. The van der Waals surface area contributed by atoms with Crippen LogP contribution in [0, 0.1) is 0 Å². The van der Waals surface area contributed by atoms with Crippen molar-refractivity contribution in [1.29, 1.82) is 0 Å². The molecule has 1 N–H and O–H groups in total. The Morgan fingerprint density at radius 1 is 0.974 bits per heavy atom. The van der Waals surface area contributed by atoms with E-state index in [1.807, 2.05) is 36.6 Å². The van der Waals surface area contributed by atoms with Gasteiger partial charge in [0.1, 0.15) is 18.3 Å². The van der Waals surface area contributed by atoms with Crippen molar-refractivity contribution in [1.82, 2.24) is 10.2 Å². The molecule has 0 radical (unpaired) electrons. The number of nitrogens with zero attached hydrogens (tertiary/aromatic N) is 2. The fraction of sp³-hybridized carbons (Fsp3) is 0.286. The number of carbonyl (C=O) groups excluding carboxylic acids is 2. The van der Waals surface area contributed by atoms with Crippen molar-refractivity contribution in [2.75, 3.05) is 30.8 Å². The minimum atomic E-state index is -4.18. The summed E-state index contributed by atoms with van der Waals surface area (Å²) in [5.41, 5.74) is 1.05. The van der Waals surface area contributed by atoms with Crippen LogP contribution in [0.1, 0.15) is 19.4 Å². The van der Waals surface area contributed by atoms with Gasteiger partial charge in [-0.3, -0.25) is 13.9 Å². The van der Waals surface area contributed by atoms with Gasteiger partial charge in [-0.15, -0.1) is 11.8 Å². The maximum Gasteiger partial charge on any atom is 0.264 e. The third-order valence-corrected chi connectivity index (χ3v) is 8.49. The molecule has 202 valence electrons. The summed E-state index contributed by atoms with van der Waals surface area (Å²) in [6, 6.07) is 21.6. The van der Waals surface area contributed by atoms with Crippen LogP contribution in [0.25, 0.3) is 0 Å². The van der Waals surface area contributed by atoms with Crippen LogP contribution in [-0.2, 0) is 26.2 Å². The number of likely N-dealkylation sites (N-methyl/N-ethyl adjacent to an activating group) is 1. The molecule has 3 rings (SSSR count). The first kappa shape index (κ1) is 29.1. The highest BCUT2D eigenvalue weighted by atomic mass is 32.2. The second-order valence-corrected chi connectivity index (χ2v) is 11.1. The largest absolute Gasteiger partial charge is 0.492 e. The van der Waals surface area contributed by atoms with Gasteiger partial charge >= 0.3 is 0 Å². The van der Waals surface area contributed by atoms with E-state index in [-0.39, 0.29) is 23.0 Å². The second-order valence-electron chi connectivity index (χ2n) is 8.39. The van der Waals surface area contributed by atoms with E-state index in [0.29, 0.717) is 12.4 Å². The zero-order valence-corrected chi connectivity index (χ0v) is 23.6. The number of carbonyl (C=O) groups is 2. The molecule has 0 fully saturated rings. The van der Waals surface area contributed by atoms with Crippen LogP contribution in [0.4, 0.5) is 5.69 Å². The van der Waals surface area contributed by atoms with Gasteiger partial charge in [0.15, 0.2) is 0 Å². The fourth-order valence-electron chi connectivity index (χ4n) is 3.90. The van der Waals surface area contributed by atoms with Crippen LogP contribution in [0.3, 0.4) is 0 Å². The summed E-state index contributed by atoms with van der Waals surface area (Å²) in [6.45, 7) is 3.35. The number of hydrogen-bond donors (Lipinski definition) is 1. The number of thioether (sulfide) groups is 1. The number of benzene rings is 3. The molecule has 0 heterocycles. The lowest BCUT2D eigenvalue weighted by Gasteiger charge is -2.32. The van der Waals surface area contributed by atoms with Gasteiger partial charge in [0.05, 0.1) is 17.2 Å². The monoisotopic (exact) mass is 555 g/mol. The summed E-state index contributed by atoms with van der Waals surface area (Å²) in [7, 11) is -2.68. The lowest BCUT2D eigenvalue weighted by Crippen LogP contribution is -2.50. The number of amides is 2. The van der Waals surface area contributed by atoms with Crippen molar-refractivity contribution in [3.63, 3.8) is 0 Å². The van der Waals surface area contributed by atoms with Crippen molar-refractivity contribution in [2.45, 2.75) is 36.2 Å². The van der Waals surface area contributed by atoms with Crippen LogP contribution in [-0.4, -0.2) is 57.6 Å². The van der Waals surface area contributed by atoms with Gasteiger partial charge in [0.25, 0.3) is 10.0 Å². The number of ether oxygens (including phenoxy) is 1. The van der Waals surface area contributed by atoms with Gasteiger partial charge in [-0.25, -0.2) is 8.42 Å². The standard InChI is InChI=1S/C28H33N3O5S2/c1-5-36-26-14-10-9-13-25(26)31(38(34,35)24-17-15-23(37-4)16-18-24)20-27(32)30(21(2)28(33)29-3)19-22-11-7-6-8-12-22/h6-18,21H,5,19-20H2,1-4H3,(H,29,33)/t21-/m0/s1. The summed E-state index contributed by atoms with van der Waals surface area (Å²) in [4.78, 5) is 28.7. The first-order chi connectivity index (χ1) is 18.2. The number of nitrogens with one attached hydrogen (secondary N) is 1. The molecule has 0 bridgehead atoms. The molecule has 0 unspecified atom stereocenters. The van der Waals surface area contributed by atoms with E-state index < -0.39 is 28.5 Å². The molecular formula is C28H33N3O5S2. The SMILES string of the molecule is CCOc1ccccc1N(CC(=O)N(Cc1ccccc1)[C@@H](C)C(=O)NC)S(=O)(=O)c1ccc(SC)cc1. The average Bonchev–Trinajstić information content (AvgIpc) is 2.94. The minimum absolute atomic E-state index is 0.0448. The molecule has 2 amide bonds. The predicted octanol–water partition coefficient (Wildman–Crippen LogP) is 4.17. The maximum absolute atomic E-state index is 14.0. The van der Waals surface area contributed by atoms with E-state index >= 15 is 0 Å². The summed E-state index contributed by atoms with van der Waals surface area (Å²) in [6.07, 6.45) is 1.90. The number of hydrogen-bond acceptors (Lipinski definition) is 6. The molecule has 10 heteroatoms. The summed E-state index contributed by atoms with van der Waals surface area (Å²) < 4.78 is 34.7. The third-order valence-electron chi connectivity index (χ3n) is 5.97. The molecule has 0 aliphatic rings. The Morgan fingerprint density at radius 2 is 1.61 bits per heavy atom. The Hall–Kier alpha value is -3.50. The Kier molecular flexibility index (Phi) is 10.2. The first-order valence-electron chi connectivity index (χ1n) is 12.2. The van der Waals surface area contributed by atoms with Gasteiger partial charge in [0, 0.05) is 18.5 Å². The number of sulfonamides is 1. The smallest absolute Gasteiger partial charge is 0.264 e. The van der Waals surface area contributed by atoms with E-state index in [1.165, 1.54) is 35.8 Å². The van der Waals surface area contributed by atoms with Gasteiger partial charge in [0.2, 0.25) is 11.8 Å². The zero-order valence-electron chi connectivity index (χ0n) is 22.0. The average molecular weight is 556 g/mol. The normalized spacial score (nSPS) is 11.9. The van der Waals surface area contributed by atoms with Crippen LogP contribution in [0.5, 0.6) is 5.75 Å². The molecule has 0 spiro atoms. The predicted molar refractivity (Wildman–Crippen MR) is 151 cm³/mol. The quantitative estimate of drug-likeness (QED) is 0.337. The molecule has 0 saturated heterocycles. The molecule has 0 saturated carbocycles. The Bertz CT molecular complexity index is 1330. The van der Waals surface area contributed by atoms with E-state index in [1.54, 1.807) is 50.2 Å².